The molecule has 0 unspecified atom stereocenters. The third-order valence-electron chi connectivity index (χ3n) is 4.76. The molecule has 0 radical (unpaired) electrons. The fourth-order valence-corrected chi connectivity index (χ4v) is 3.25. The number of benzene rings is 1. The van der Waals surface area contributed by atoms with E-state index in [1.165, 1.54) is 17.5 Å². The summed E-state index contributed by atoms with van der Waals surface area (Å²) in [5, 5.41) is 0. The van der Waals surface area contributed by atoms with Crippen molar-refractivity contribution in [1.82, 2.24) is 9.80 Å². The van der Waals surface area contributed by atoms with Crippen molar-refractivity contribution in [1.29, 1.82) is 0 Å². The molecule has 1 aliphatic heterocycles. The Labute approximate surface area is 144 Å². The predicted molar refractivity (Wildman–Crippen MR) is 95.5 cm³/mol. The molecule has 2 rings (SSSR count). The number of likely N-dealkylation sites (N-methyl/N-ethyl adjacent to an activating group) is 1. The molecule has 0 aliphatic carbocycles. The summed E-state index contributed by atoms with van der Waals surface area (Å²) in [4.78, 5) is 26.7. The highest BCUT2D eigenvalue weighted by atomic mass is 16.2. The van der Waals surface area contributed by atoms with Crippen LogP contribution in [0.3, 0.4) is 0 Å². The summed E-state index contributed by atoms with van der Waals surface area (Å²) < 4.78 is 0. The van der Waals surface area contributed by atoms with E-state index in [0.717, 1.165) is 32.4 Å². The van der Waals surface area contributed by atoms with Gasteiger partial charge in [0, 0.05) is 13.1 Å². The Morgan fingerprint density at radius 1 is 1.17 bits per heavy atom. The number of hydrogen-bond acceptors (Lipinski definition) is 3. The Balaban J connectivity index is 1.69. The van der Waals surface area contributed by atoms with Gasteiger partial charge in [-0.2, -0.15) is 0 Å². The molecule has 0 bridgehead atoms. The van der Waals surface area contributed by atoms with E-state index >= 15 is 0 Å². The average molecular weight is 331 g/mol. The van der Waals surface area contributed by atoms with Crippen LogP contribution in [0.4, 0.5) is 0 Å². The van der Waals surface area contributed by atoms with E-state index in [1.807, 2.05) is 4.90 Å². The molecule has 132 valence electrons. The highest BCUT2D eigenvalue weighted by Crippen LogP contribution is 2.22. The van der Waals surface area contributed by atoms with Crippen LogP contribution in [-0.4, -0.2) is 54.8 Å². The first-order valence-electron chi connectivity index (χ1n) is 8.74. The molecule has 0 aromatic heterocycles. The lowest BCUT2D eigenvalue weighted by atomic mass is 9.90. The van der Waals surface area contributed by atoms with Crippen molar-refractivity contribution in [2.75, 3.05) is 33.2 Å². The van der Waals surface area contributed by atoms with Crippen LogP contribution in [0.2, 0.25) is 0 Å². The largest absolute Gasteiger partial charge is 0.369 e. The number of amides is 2. The van der Waals surface area contributed by atoms with E-state index in [2.05, 4.69) is 31.2 Å². The molecular weight excluding hydrogens is 302 g/mol. The minimum atomic E-state index is -0.403. The van der Waals surface area contributed by atoms with Gasteiger partial charge in [-0.3, -0.25) is 14.5 Å². The summed E-state index contributed by atoms with van der Waals surface area (Å²) in [5.74, 6) is 0.384. The van der Waals surface area contributed by atoms with Gasteiger partial charge in [0.25, 0.3) is 0 Å². The van der Waals surface area contributed by atoms with Crippen LogP contribution >= 0.6 is 0 Å². The molecule has 0 spiro atoms. The Morgan fingerprint density at radius 3 is 2.38 bits per heavy atom. The molecule has 1 saturated heterocycles. The fraction of sp³-hybridized carbons (Fsp3) is 0.579. The molecule has 2 N–H and O–H groups in total. The van der Waals surface area contributed by atoms with Crippen LogP contribution in [-0.2, 0) is 16.0 Å². The number of carbonyl (C=O) groups excluding carboxylic acids is 2. The Bertz CT molecular complexity index is 548. The lowest BCUT2D eigenvalue weighted by Crippen LogP contribution is -2.44. The van der Waals surface area contributed by atoms with E-state index in [0.29, 0.717) is 5.92 Å². The summed E-state index contributed by atoms with van der Waals surface area (Å²) in [5.41, 5.74) is 7.84. The number of nitrogens with zero attached hydrogens (tertiary/aromatic N) is 2. The molecule has 1 aromatic rings. The molecule has 1 fully saturated rings. The van der Waals surface area contributed by atoms with Gasteiger partial charge >= 0.3 is 0 Å². The Hall–Kier alpha value is -1.88. The number of aryl methyl sites for hydroxylation is 2. The van der Waals surface area contributed by atoms with Crippen LogP contribution in [0.25, 0.3) is 0 Å². The number of primary amides is 1. The van der Waals surface area contributed by atoms with Crippen LogP contribution < -0.4 is 5.73 Å². The predicted octanol–water partition coefficient (Wildman–Crippen LogP) is 1.58. The molecular formula is C19H29N3O2. The number of piperidine rings is 1. The number of rotatable bonds is 7. The summed E-state index contributed by atoms with van der Waals surface area (Å²) in [6.45, 7) is 4.14. The summed E-state index contributed by atoms with van der Waals surface area (Å²) >= 11 is 0. The van der Waals surface area contributed by atoms with E-state index in [1.54, 1.807) is 11.9 Å². The van der Waals surface area contributed by atoms with Gasteiger partial charge in [-0.15, -0.1) is 0 Å². The van der Waals surface area contributed by atoms with E-state index < -0.39 is 5.91 Å². The minimum Gasteiger partial charge on any atom is -0.369 e. The number of nitrogens with two attached hydrogens (primary N) is 1. The fourth-order valence-electron chi connectivity index (χ4n) is 3.25. The second-order valence-corrected chi connectivity index (χ2v) is 6.99. The van der Waals surface area contributed by atoms with E-state index in [-0.39, 0.29) is 19.0 Å². The molecule has 5 nitrogen and oxygen atoms in total. The van der Waals surface area contributed by atoms with Crippen molar-refractivity contribution < 1.29 is 9.59 Å². The smallest absolute Gasteiger partial charge is 0.236 e. The summed E-state index contributed by atoms with van der Waals surface area (Å²) in [6, 6.07) is 8.75. The van der Waals surface area contributed by atoms with Gasteiger partial charge in [0.05, 0.1) is 13.1 Å². The van der Waals surface area contributed by atoms with E-state index in [4.69, 9.17) is 5.73 Å². The van der Waals surface area contributed by atoms with Gasteiger partial charge in [-0.1, -0.05) is 29.8 Å². The third-order valence-corrected chi connectivity index (χ3v) is 4.76. The maximum absolute atomic E-state index is 12.2. The van der Waals surface area contributed by atoms with Crippen molar-refractivity contribution in [3.8, 4) is 0 Å². The molecule has 24 heavy (non-hydrogen) atoms. The van der Waals surface area contributed by atoms with Gasteiger partial charge in [-0.25, -0.2) is 0 Å². The average Bonchev–Trinajstić information content (AvgIpc) is 2.54. The number of likely N-dealkylation sites (tertiary alicyclic amines) is 1. The summed E-state index contributed by atoms with van der Waals surface area (Å²) in [6.07, 6.45) is 4.43. The Kier molecular flexibility index (Phi) is 6.79. The molecule has 1 aliphatic rings. The van der Waals surface area contributed by atoms with Crippen molar-refractivity contribution in [3.05, 3.63) is 35.4 Å². The zero-order valence-electron chi connectivity index (χ0n) is 14.8. The van der Waals surface area contributed by atoms with Crippen LogP contribution in [0.1, 0.15) is 30.4 Å². The molecule has 1 heterocycles. The van der Waals surface area contributed by atoms with Crippen molar-refractivity contribution in [2.24, 2.45) is 11.7 Å². The normalized spacial score (nSPS) is 15.7. The number of hydrogen-bond donors (Lipinski definition) is 1. The molecule has 2 amide bonds. The van der Waals surface area contributed by atoms with Crippen LogP contribution in [0.15, 0.2) is 24.3 Å². The first-order valence-corrected chi connectivity index (χ1v) is 8.74. The topological polar surface area (TPSA) is 66.6 Å². The quantitative estimate of drug-likeness (QED) is 0.825. The van der Waals surface area contributed by atoms with Crippen molar-refractivity contribution in [3.63, 3.8) is 0 Å². The maximum atomic E-state index is 12.2. The van der Waals surface area contributed by atoms with E-state index in [9.17, 15) is 9.59 Å². The highest BCUT2D eigenvalue weighted by molar-refractivity contribution is 5.80. The minimum absolute atomic E-state index is 0.0933. The molecule has 0 saturated carbocycles. The van der Waals surface area contributed by atoms with Crippen LogP contribution in [0, 0.1) is 12.8 Å². The Morgan fingerprint density at radius 2 is 1.79 bits per heavy atom. The standard InChI is InChI=1S/C19H29N3O2/c1-15-3-5-16(6-4-15)7-8-17-9-11-22(12-10-17)19(24)14-21(2)13-18(20)23/h3-6,17H,7-14H2,1-2H3,(H2,20,23). The zero-order chi connectivity index (χ0) is 17.5. The SMILES string of the molecule is Cc1ccc(CCC2CCN(C(=O)CN(C)CC(N)=O)CC2)cc1. The highest BCUT2D eigenvalue weighted by Gasteiger charge is 2.23. The number of carbonyl (C=O) groups is 2. The molecule has 0 atom stereocenters. The van der Waals surface area contributed by atoms with Crippen molar-refractivity contribution in [2.45, 2.75) is 32.6 Å². The first kappa shape index (κ1) is 18.5. The second-order valence-electron chi connectivity index (χ2n) is 6.99. The van der Waals surface area contributed by atoms with Crippen LogP contribution in [0.5, 0.6) is 0 Å². The van der Waals surface area contributed by atoms with Gasteiger partial charge < -0.3 is 10.6 Å². The van der Waals surface area contributed by atoms with Gasteiger partial charge in [0.2, 0.25) is 11.8 Å². The molecule has 1 aromatic carbocycles. The van der Waals surface area contributed by atoms with Crippen molar-refractivity contribution >= 4 is 11.8 Å². The second kappa shape index (κ2) is 8.83. The van der Waals surface area contributed by atoms with Gasteiger partial charge in [-0.05, 0) is 51.1 Å². The third kappa shape index (κ3) is 5.96. The molecule has 5 heteroatoms. The first-order chi connectivity index (χ1) is 11.4. The zero-order valence-corrected chi connectivity index (χ0v) is 14.8. The lowest BCUT2D eigenvalue weighted by Gasteiger charge is -2.33. The monoisotopic (exact) mass is 331 g/mol. The van der Waals surface area contributed by atoms with Gasteiger partial charge in [0.15, 0.2) is 0 Å². The lowest BCUT2D eigenvalue weighted by molar-refractivity contribution is -0.133. The maximum Gasteiger partial charge on any atom is 0.236 e. The van der Waals surface area contributed by atoms with Gasteiger partial charge in [0.1, 0.15) is 0 Å². The summed E-state index contributed by atoms with van der Waals surface area (Å²) in [7, 11) is 1.75.